The molecule has 0 aromatic heterocycles. The average molecular weight is 379 g/mol. The van der Waals surface area contributed by atoms with Crippen molar-refractivity contribution in [3.63, 3.8) is 0 Å². The van der Waals surface area contributed by atoms with Crippen LogP contribution in [0.5, 0.6) is 0 Å². The summed E-state index contributed by atoms with van der Waals surface area (Å²) in [7, 11) is 1.58. The predicted molar refractivity (Wildman–Crippen MR) is 100 cm³/mol. The molecule has 8 heteroatoms. The lowest BCUT2D eigenvalue weighted by atomic mass is 9.97. The number of carboxylic acid groups (broad SMARTS) is 1. The van der Waals surface area contributed by atoms with Gasteiger partial charge < -0.3 is 10.0 Å². The molecule has 27 heavy (non-hydrogen) atoms. The Bertz CT molecular complexity index is 657. The second kappa shape index (κ2) is 9.36. The first kappa shape index (κ1) is 22.4. The lowest BCUT2D eigenvalue weighted by molar-refractivity contribution is -0.138. The molecule has 3 N–H and O–H groups in total. The summed E-state index contributed by atoms with van der Waals surface area (Å²) >= 11 is 0. The number of hydrogen-bond donors (Lipinski definition) is 3. The first-order chi connectivity index (χ1) is 12.5. The number of amides is 3. The zero-order chi connectivity index (χ0) is 20.8. The Hall–Kier alpha value is -2.61. The molecule has 0 aliphatic rings. The second-order valence-electron chi connectivity index (χ2n) is 7.70. The van der Waals surface area contributed by atoms with Gasteiger partial charge >= 0.3 is 6.09 Å². The Balaban J connectivity index is 3.17. The van der Waals surface area contributed by atoms with Gasteiger partial charge in [-0.3, -0.25) is 19.7 Å². The molecule has 0 bridgehead atoms. The number of hydroxylamine groups is 1. The van der Waals surface area contributed by atoms with Gasteiger partial charge in [0.05, 0.1) is 0 Å². The highest BCUT2D eigenvalue weighted by Gasteiger charge is 2.39. The average Bonchev–Trinajstić information content (AvgIpc) is 2.57. The van der Waals surface area contributed by atoms with Crippen LogP contribution in [0.4, 0.5) is 4.79 Å². The minimum atomic E-state index is -1.19. The van der Waals surface area contributed by atoms with E-state index in [0.717, 1.165) is 4.90 Å². The summed E-state index contributed by atoms with van der Waals surface area (Å²) in [6, 6.07) is 7.75. The zero-order valence-corrected chi connectivity index (χ0v) is 16.5. The molecule has 0 saturated carbocycles. The van der Waals surface area contributed by atoms with Crippen molar-refractivity contribution in [3.8, 4) is 0 Å². The molecule has 1 rings (SSSR count). The van der Waals surface area contributed by atoms with Gasteiger partial charge in [0, 0.05) is 25.6 Å². The van der Waals surface area contributed by atoms with E-state index in [1.807, 2.05) is 0 Å². The molecule has 8 nitrogen and oxygen atoms in total. The van der Waals surface area contributed by atoms with Gasteiger partial charge in [0.2, 0.25) is 11.8 Å². The highest BCUT2D eigenvalue weighted by atomic mass is 16.5. The van der Waals surface area contributed by atoms with Gasteiger partial charge in [0.1, 0.15) is 6.04 Å². The molecule has 0 fully saturated rings. The van der Waals surface area contributed by atoms with Crippen LogP contribution >= 0.6 is 0 Å². The summed E-state index contributed by atoms with van der Waals surface area (Å²) in [6.45, 7) is 7.22. The van der Waals surface area contributed by atoms with Crippen LogP contribution in [0.3, 0.4) is 0 Å². The van der Waals surface area contributed by atoms with E-state index >= 15 is 0 Å². The lowest BCUT2D eigenvalue weighted by Gasteiger charge is -2.40. The summed E-state index contributed by atoms with van der Waals surface area (Å²) < 4.78 is 0. The predicted octanol–water partition coefficient (Wildman–Crippen LogP) is 2.50. The fraction of sp³-hybridized carbons (Fsp3) is 0.526. The third-order valence-electron chi connectivity index (χ3n) is 4.16. The van der Waals surface area contributed by atoms with E-state index in [0.29, 0.717) is 5.56 Å². The van der Waals surface area contributed by atoms with Crippen molar-refractivity contribution in [2.75, 3.05) is 13.6 Å². The van der Waals surface area contributed by atoms with Crippen molar-refractivity contribution < 1.29 is 24.7 Å². The topological polar surface area (TPSA) is 110 Å². The van der Waals surface area contributed by atoms with Crippen molar-refractivity contribution in [2.45, 2.75) is 45.7 Å². The van der Waals surface area contributed by atoms with Gasteiger partial charge in [-0.25, -0.2) is 10.3 Å². The van der Waals surface area contributed by atoms with Crippen molar-refractivity contribution in [2.24, 2.45) is 5.92 Å². The number of hydrogen-bond acceptors (Lipinski definition) is 4. The number of nitrogens with zero attached hydrogens (tertiary/aromatic N) is 2. The van der Waals surface area contributed by atoms with Crippen LogP contribution in [0.25, 0.3) is 0 Å². The third kappa shape index (κ3) is 6.25. The number of benzene rings is 1. The first-order valence-electron chi connectivity index (χ1n) is 8.74. The largest absolute Gasteiger partial charge is 0.465 e. The molecule has 2 atom stereocenters. The first-order valence-corrected chi connectivity index (χ1v) is 8.74. The fourth-order valence-electron chi connectivity index (χ4n) is 3.02. The van der Waals surface area contributed by atoms with Gasteiger partial charge in [-0.15, -0.1) is 0 Å². The molecule has 0 aliphatic carbocycles. The maximum absolute atomic E-state index is 13.2. The molecule has 0 aliphatic heterocycles. The SMILES string of the molecule is C[C@H](CC(=O)NO)CN(C)C(=O)C(c1ccccc1)N(C(=O)O)C(C)(C)C. The number of nitrogens with one attached hydrogen (secondary N) is 1. The van der Waals surface area contributed by atoms with Crippen LogP contribution in [0.15, 0.2) is 30.3 Å². The van der Waals surface area contributed by atoms with Crippen LogP contribution in [0.2, 0.25) is 0 Å². The Kier molecular flexibility index (Phi) is 7.78. The monoisotopic (exact) mass is 379 g/mol. The molecular formula is C19H29N3O5. The Morgan fingerprint density at radius 3 is 2.15 bits per heavy atom. The van der Waals surface area contributed by atoms with Crippen molar-refractivity contribution in [3.05, 3.63) is 35.9 Å². The van der Waals surface area contributed by atoms with Crippen LogP contribution in [0.1, 0.15) is 45.7 Å². The van der Waals surface area contributed by atoms with Gasteiger partial charge in [-0.05, 0) is 32.3 Å². The summed E-state index contributed by atoms with van der Waals surface area (Å²) in [5.41, 5.74) is 1.35. The minimum absolute atomic E-state index is 0.0477. The maximum Gasteiger partial charge on any atom is 0.408 e. The smallest absolute Gasteiger partial charge is 0.408 e. The number of likely N-dealkylation sites (N-methyl/N-ethyl adjacent to an activating group) is 1. The van der Waals surface area contributed by atoms with Crippen molar-refractivity contribution in [1.29, 1.82) is 0 Å². The van der Waals surface area contributed by atoms with E-state index < -0.39 is 23.6 Å². The number of carbonyl (C=O) groups excluding carboxylic acids is 2. The minimum Gasteiger partial charge on any atom is -0.465 e. The summed E-state index contributed by atoms with van der Waals surface area (Å²) in [6.07, 6.45) is -1.14. The van der Waals surface area contributed by atoms with Gasteiger partial charge in [0.25, 0.3) is 0 Å². The van der Waals surface area contributed by atoms with E-state index in [1.54, 1.807) is 70.6 Å². The van der Waals surface area contributed by atoms with E-state index in [1.165, 1.54) is 4.90 Å². The molecule has 1 aromatic rings. The molecule has 1 unspecified atom stereocenters. The lowest BCUT2D eigenvalue weighted by Crippen LogP contribution is -2.52. The Labute approximate surface area is 159 Å². The summed E-state index contributed by atoms with van der Waals surface area (Å²) in [4.78, 5) is 39.0. The van der Waals surface area contributed by atoms with Crippen LogP contribution in [0, 0.1) is 5.92 Å². The van der Waals surface area contributed by atoms with Crippen molar-refractivity contribution >= 4 is 17.9 Å². The van der Waals surface area contributed by atoms with E-state index in [4.69, 9.17) is 5.21 Å². The zero-order valence-electron chi connectivity index (χ0n) is 16.5. The molecule has 0 heterocycles. The van der Waals surface area contributed by atoms with Crippen LogP contribution < -0.4 is 5.48 Å². The highest BCUT2D eigenvalue weighted by Crippen LogP contribution is 2.30. The normalized spacial score (nSPS) is 13.4. The third-order valence-corrected chi connectivity index (χ3v) is 4.16. The maximum atomic E-state index is 13.2. The van der Waals surface area contributed by atoms with Gasteiger partial charge in [0.15, 0.2) is 0 Å². The van der Waals surface area contributed by atoms with Gasteiger partial charge in [-0.1, -0.05) is 37.3 Å². The van der Waals surface area contributed by atoms with E-state index in [-0.39, 0.29) is 24.8 Å². The molecule has 3 amide bonds. The second-order valence-corrected chi connectivity index (χ2v) is 7.70. The molecule has 1 aromatic carbocycles. The van der Waals surface area contributed by atoms with Gasteiger partial charge in [-0.2, -0.15) is 0 Å². The quantitative estimate of drug-likeness (QED) is 0.498. The molecule has 0 spiro atoms. The van der Waals surface area contributed by atoms with Crippen molar-refractivity contribution in [1.82, 2.24) is 15.3 Å². The van der Waals surface area contributed by atoms with Crippen LogP contribution in [-0.4, -0.2) is 57.2 Å². The van der Waals surface area contributed by atoms with E-state index in [9.17, 15) is 19.5 Å². The number of rotatable bonds is 7. The number of carbonyl (C=O) groups is 3. The highest BCUT2D eigenvalue weighted by molar-refractivity contribution is 5.87. The molecule has 0 radical (unpaired) electrons. The summed E-state index contributed by atoms with van der Waals surface area (Å²) in [5.74, 6) is -1.13. The molecular weight excluding hydrogens is 350 g/mol. The Morgan fingerprint density at radius 1 is 1.15 bits per heavy atom. The summed E-state index contributed by atoms with van der Waals surface area (Å²) in [5, 5.41) is 18.4. The Morgan fingerprint density at radius 2 is 1.70 bits per heavy atom. The van der Waals surface area contributed by atoms with Crippen LogP contribution in [-0.2, 0) is 9.59 Å². The molecule has 0 saturated heterocycles. The fourth-order valence-corrected chi connectivity index (χ4v) is 3.02. The standard InChI is InChI=1S/C19H29N3O5/c1-13(11-15(23)20-27)12-21(5)17(24)16(14-9-7-6-8-10-14)22(18(25)26)19(2,3)4/h6-10,13,16,27H,11-12H2,1-5H3,(H,20,23)(H,25,26)/t13-,16?/m1/s1. The molecule has 150 valence electrons. The van der Waals surface area contributed by atoms with E-state index in [2.05, 4.69) is 0 Å².